The van der Waals surface area contributed by atoms with Crippen molar-refractivity contribution in [1.29, 1.82) is 0 Å². The molecule has 0 aliphatic heterocycles. The zero-order chi connectivity index (χ0) is 13.7. The Morgan fingerprint density at radius 3 is 2.56 bits per heavy atom. The first-order valence-corrected chi connectivity index (χ1v) is 7.93. The topological polar surface area (TPSA) is 23.5 Å². The molecule has 2 unspecified atom stereocenters. The van der Waals surface area contributed by atoms with E-state index in [4.69, 9.17) is 11.6 Å². The molecule has 1 rings (SSSR count). The Morgan fingerprint density at radius 2 is 2.06 bits per heavy atom. The number of hydrogen-bond donors (Lipinski definition) is 1. The number of aliphatic hydroxyl groups is 1. The van der Waals surface area contributed by atoms with Crippen LogP contribution in [0.4, 0.5) is 5.69 Å². The van der Waals surface area contributed by atoms with Crippen LogP contribution in [0.25, 0.3) is 0 Å². The van der Waals surface area contributed by atoms with Gasteiger partial charge in [-0.1, -0.05) is 17.7 Å². The monoisotopic (exact) mass is 287 g/mol. The number of anilines is 1. The molecule has 0 aliphatic rings. The van der Waals surface area contributed by atoms with Gasteiger partial charge < -0.3 is 10.0 Å². The summed E-state index contributed by atoms with van der Waals surface area (Å²) in [6.45, 7) is 3.95. The van der Waals surface area contributed by atoms with E-state index in [0.717, 1.165) is 23.4 Å². The molecule has 1 N–H and O–H groups in total. The van der Waals surface area contributed by atoms with Crippen molar-refractivity contribution in [2.75, 3.05) is 24.0 Å². The molecule has 1 aromatic carbocycles. The predicted octanol–water partition coefficient (Wildman–Crippen LogP) is 3.97. The predicted molar refractivity (Wildman–Crippen MR) is 82.9 cm³/mol. The summed E-state index contributed by atoms with van der Waals surface area (Å²) >= 11 is 8.15. The molecule has 0 bridgehead atoms. The largest absolute Gasteiger partial charge is 0.389 e. The van der Waals surface area contributed by atoms with Gasteiger partial charge in [-0.15, -0.1) is 0 Å². The highest BCUT2D eigenvalue weighted by Crippen LogP contribution is 2.30. The summed E-state index contributed by atoms with van der Waals surface area (Å²) in [4.78, 5) is 2.20. The van der Waals surface area contributed by atoms with Gasteiger partial charge in [0, 0.05) is 13.1 Å². The highest BCUT2D eigenvalue weighted by Gasteiger charge is 2.14. The van der Waals surface area contributed by atoms with Gasteiger partial charge in [0.2, 0.25) is 0 Å². The Bertz CT molecular complexity index is 384. The number of rotatable bonds is 6. The van der Waals surface area contributed by atoms with E-state index in [-0.39, 0.29) is 0 Å². The highest BCUT2D eigenvalue weighted by molar-refractivity contribution is 7.98. The molecule has 0 spiro atoms. The molecule has 102 valence electrons. The van der Waals surface area contributed by atoms with Gasteiger partial charge in [0.1, 0.15) is 0 Å². The standard InChI is InChI=1S/C14H22ClNOS/c1-10(7-8-18-4)16(3)14-6-5-12(11(2)17)9-13(14)15/h5-6,9-11,17H,7-8H2,1-4H3. The van der Waals surface area contributed by atoms with Crippen molar-refractivity contribution in [2.45, 2.75) is 32.4 Å². The SMILES string of the molecule is CSCCC(C)N(C)c1ccc(C(C)O)cc1Cl. The van der Waals surface area contributed by atoms with Crippen LogP contribution < -0.4 is 4.90 Å². The van der Waals surface area contributed by atoms with Gasteiger partial charge in [-0.3, -0.25) is 0 Å². The van der Waals surface area contributed by atoms with Crippen LogP contribution in [-0.4, -0.2) is 30.2 Å². The normalized spacial score (nSPS) is 14.3. The summed E-state index contributed by atoms with van der Waals surface area (Å²) in [7, 11) is 2.06. The highest BCUT2D eigenvalue weighted by atomic mass is 35.5. The molecule has 0 aromatic heterocycles. The second-order valence-electron chi connectivity index (χ2n) is 4.63. The molecule has 0 fully saturated rings. The van der Waals surface area contributed by atoms with Crippen molar-refractivity contribution in [3.63, 3.8) is 0 Å². The molecule has 4 heteroatoms. The van der Waals surface area contributed by atoms with Gasteiger partial charge in [0.15, 0.2) is 0 Å². The third-order valence-electron chi connectivity index (χ3n) is 3.24. The number of thioether (sulfide) groups is 1. The summed E-state index contributed by atoms with van der Waals surface area (Å²) < 4.78 is 0. The average Bonchev–Trinajstić information content (AvgIpc) is 2.34. The molecule has 1 aromatic rings. The zero-order valence-corrected chi connectivity index (χ0v) is 13.1. The summed E-state index contributed by atoms with van der Waals surface area (Å²) in [5, 5.41) is 10.2. The molecule has 0 aliphatic carbocycles. The van der Waals surface area contributed by atoms with Gasteiger partial charge in [0.05, 0.1) is 16.8 Å². The minimum Gasteiger partial charge on any atom is -0.389 e. The maximum atomic E-state index is 9.53. The van der Waals surface area contributed by atoms with Crippen LogP contribution in [0, 0.1) is 0 Å². The van der Waals surface area contributed by atoms with Crippen molar-refractivity contribution >= 4 is 29.1 Å². The molecule has 0 heterocycles. The van der Waals surface area contributed by atoms with E-state index in [1.54, 1.807) is 6.92 Å². The van der Waals surface area contributed by atoms with Gasteiger partial charge in [-0.2, -0.15) is 11.8 Å². The van der Waals surface area contributed by atoms with Crippen LogP contribution in [0.2, 0.25) is 5.02 Å². The van der Waals surface area contributed by atoms with E-state index in [0.29, 0.717) is 11.1 Å². The van der Waals surface area contributed by atoms with Crippen molar-refractivity contribution in [1.82, 2.24) is 0 Å². The van der Waals surface area contributed by atoms with E-state index in [9.17, 15) is 5.11 Å². The third kappa shape index (κ3) is 4.08. The fraction of sp³-hybridized carbons (Fsp3) is 0.571. The Morgan fingerprint density at radius 1 is 1.39 bits per heavy atom. The van der Waals surface area contributed by atoms with E-state index in [1.807, 2.05) is 30.0 Å². The first-order chi connectivity index (χ1) is 8.47. The maximum Gasteiger partial charge on any atom is 0.0762 e. The van der Waals surface area contributed by atoms with Gasteiger partial charge in [0.25, 0.3) is 0 Å². The number of hydrogen-bond acceptors (Lipinski definition) is 3. The van der Waals surface area contributed by atoms with Gasteiger partial charge >= 0.3 is 0 Å². The second-order valence-corrected chi connectivity index (χ2v) is 6.02. The van der Waals surface area contributed by atoms with Crippen LogP contribution >= 0.6 is 23.4 Å². The lowest BCUT2D eigenvalue weighted by molar-refractivity contribution is 0.199. The maximum absolute atomic E-state index is 9.53. The molecule has 2 nitrogen and oxygen atoms in total. The van der Waals surface area contributed by atoms with E-state index >= 15 is 0 Å². The number of nitrogens with zero attached hydrogens (tertiary/aromatic N) is 1. The number of aliphatic hydroxyl groups excluding tert-OH is 1. The Labute approximate surface area is 119 Å². The summed E-state index contributed by atoms with van der Waals surface area (Å²) in [6.07, 6.45) is 2.78. The quantitative estimate of drug-likeness (QED) is 0.856. The van der Waals surface area contributed by atoms with Crippen molar-refractivity contribution < 1.29 is 5.11 Å². The van der Waals surface area contributed by atoms with Gasteiger partial charge in [-0.05, 0) is 50.0 Å². The fourth-order valence-electron chi connectivity index (χ4n) is 1.79. The van der Waals surface area contributed by atoms with Crippen molar-refractivity contribution in [2.24, 2.45) is 0 Å². The second kappa shape index (κ2) is 7.27. The van der Waals surface area contributed by atoms with Crippen LogP contribution in [0.3, 0.4) is 0 Å². The lowest BCUT2D eigenvalue weighted by Crippen LogP contribution is -2.29. The van der Waals surface area contributed by atoms with E-state index in [2.05, 4.69) is 25.1 Å². The zero-order valence-electron chi connectivity index (χ0n) is 11.5. The molecule has 0 amide bonds. The van der Waals surface area contributed by atoms with Crippen LogP contribution in [0.1, 0.15) is 31.9 Å². The van der Waals surface area contributed by atoms with Crippen LogP contribution in [0.15, 0.2) is 18.2 Å². The van der Waals surface area contributed by atoms with Crippen molar-refractivity contribution in [3.05, 3.63) is 28.8 Å². The smallest absolute Gasteiger partial charge is 0.0762 e. The molecule has 0 saturated heterocycles. The Kier molecular flexibility index (Phi) is 6.33. The third-order valence-corrected chi connectivity index (χ3v) is 4.18. The average molecular weight is 288 g/mol. The Balaban J connectivity index is 2.82. The minimum absolute atomic E-state index is 0.451. The first-order valence-electron chi connectivity index (χ1n) is 6.16. The molecule has 0 radical (unpaired) electrons. The number of halogens is 1. The first kappa shape index (κ1) is 15.7. The summed E-state index contributed by atoms with van der Waals surface area (Å²) in [6, 6.07) is 6.22. The van der Waals surface area contributed by atoms with Gasteiger partial charge in [-0.25, -0.2) is 0 Å². The summed E-state index contributed by atoms with van der Waals surface area (Å²) in [5.74, 6) is 1.15. The van der Waals surface area contributed by atoms with Crippen LogP contribution in [0.5, 0.6) is 0 Å². The van der Waals surface area contributed by atoms with Crippen LogP contribution in [-0.2, 0) is 0 Å². The van der Waals surface area contributed by atoms with Crippen molar-refractivity contribution in [3.8, 4) is 0 Å². The lowest BCUT2D eigenvalue weighted by Gasteiger charge is -2.28. The molecular weight excluding hydrogens is 266 g/mol. The summed E-state index contributed by atoms with van der Waals surface area (Å²) in [5.41, 5.74) is 1.88. The number of benzene rings is 1. The molecule has 0 saturated carbocycles. The molecule has 2 atom stereocenters. The minimum atomic E-state index is -0.476. The Hall–Kier alpha value is -0.380. The lowest BCUT2D eigenvalue weighted by atomic mass is 10.1. The van der Waals surface area contributed by atoms with E-state index in [1.165, 1.54) is 0 Å². The fourth-order valence-corrected chi connectivity index (χ4v) is 2.69. The molecule has 18 heavy (non-hydrogen) atoms. The van der Waals surface area contributed by atoms with E-state index < -0.39 is 6.10 Å². The molecular formula is C14H22ClNOS.